The highest BCUT2D eigenvalue weighted by Crippen LogP contribution is 2.29. The number of nitrogens with zero attached hydrogens (tertiary/aromatic N) is 2. The lowest BCUT2D eigenvalue weighted by Crippen LogP contribution is -2.18. The van der Waals surface area contributed by atoms with Crippen molar-refractivity contribution < 1.29 is 4.79 Å². The fourth-order valence-electron chi connectivity index (χ4n) is 3.08. The van der Waals surface area contributed by atoms with Crippen LogP contribution < -0.4 is 10.9 Å². The summed E-state index contributed by atoms with van der Waals surface area (Å²) in [6.07, 6.45) is 0.442. The van der Waals surface area contributed by atoms with E-state index in [1.807, 2.05) is 38.1 Å². The molecule has 0 atom stereocenters. The molecule has 0 radical (unpaired) electrons. The van der Waals surface area contributed by atoms with Gasteiger partial charge in [-0.3, -0.25) is 9.59 Å². The summed E-state index contributed by atoms with van der Waals surface area (Å²) in [5, 5.41) is 3.41. The number of hydrogen-bond acceptors (Lipinski definition) is 5. The minimum Gasteiger partial charge on any atom is -0.319 e. The Balaban J connectivity index is 1.48. The number of amides is 1. The average Bonchev–Trinajstić information content (AvgIpc) is 3.02. The van der Waals surface area contributed by atoms with Crippen LogP contribution in [-0.4, -0.2) is 20.9 Å². The lowest BCUT2D eigenvalue weighted by molar-refractivity contribution is -0.116. The van der Waals surface area contributed by atoms with E-state index in [4.69, 9.17) is 0 Å². The van der Waals surface area contributed by atoms with E-state index in [-0.39, 0.29) is 24.3 Å². The molecular weight excluding hydrogens is 360 g/mol. The van der Waals surface area contributed by atoms with Crippen LogP contribution >= 0.6 is 11.3 Å². The molecule has 0 spiro atoms. The smallest absolute Gasteiger partial charge is 0.270 e. The molecule has 6 nitrogen and oxygen atoms in total. The predicted molar refractivity (Wildman–Crippen MR) is 108 cm³/mol. The van der Waals surface area contributed by atoms with E-state index in [9.17, 15) is 9.59 Å². The van der Waals surface area contributed by atoms with Crippen LogP contribution in [0.2, 0.25) is 0 Å². The molecule has 2 heterocycles. The van der Waals surface area contributed by atoms with E-state index < -0.39 is 0 Å². The first-order valence-corrected chi connectivity index (χ1v) is 9.47. The third-order valence-corrected chi connectivity index (χ3v) is 5.45. The molecule has 2 aromatic heterocycles. The van der Waals surface area contributed by atoms with Gasteiger partial charge >= 0.3 is 0 Å². The van der Waals surface area contributed by atoms with Gasteiger partial charge < -0.3 is 10.3 Å². The summed E-state index contributed by atoms with van der Waals surface area (Å²) >= 11 is 1.46. The second kappa shape index (κ2) is 6.92. The number of aromatic nitrogens is 3. The number of aromatic amines is 1. The van der Waals surface area contributed by atoms with Gasteiger partial charge in [-0.05, 0) is 43.2 Å². The molecule has 0 aliphatic heterocycles. The number of thiazole rings is 1. The number of H-pyrrole nitrogens is 1. The molecule has 0 unspecified atom stereocenters. The number of hydrogen-bond donors (Lipinski definition) is 2. The number of para-hydroxylation sites is 2. The molecule has 4 rings (SSSR count). The average molecular weight is 378 g/mol. The Labute approximate surface area is 159 Å². The van der Waals surface area contributed by atoms with Crippen LogP contribution in [0.4, 0.5) is 5.13 Å². The molecule has 0 saturated carbocycles. The van der Waals surface area contributed by atoms with Crippen LogP contribution in [-0.2, 0) is 11.2 Å². The van der Waals surface area contributed by atoms with Crippen LogP contribution in [0.5, 0.6) is 0 Å². The molecule has 0 aliphatic carbocycles. The van der Waals surface area contributed by atoms with Crippen LogP contribution in [0.25, 0.3) is 21.3 Å². The van der Waals surface area contributed by atoms with E-state index in [0.29, 0.717) is 21.9 Å². The van der Waals surface area contributed by atoms with Crippen LogP contribution in [0.1, 0.15) is 23.2 Å². The fraction of sp³-hybridized carbons (Fsp3) is 0.200. The Hall–Kier alpha value is -3.06. The van der Waals surface area contributed by atoms with Gasteiger partial charge in [0.05, 0.1) is 21.3 Å². The molecule has 4 aromatic rings. The van der Waals surface area contributed by atoms with E-state index in [0.717, 1.165) is 21.3 Å². The van der Waals surface area contributed by atoms with Crippen molar-refractivity contribution in [1.82, 2.24) is 15.0 Å². The maximum absolute atomic E-state index is 12.3. The van der Waals surface area contributed by atoms with Crippen LogP contribution in [0, 0.1) is 13.8 Å². The third kappa shape index (κ3) is 3.59. The zero-order valence-corrected chi connectivity index (χ0v) is 15.8. The van der Waals surface area contributed by atoms with Crippen LogP contribution in [0.15, 0.2) is 41.2 Å². The topological polar surface area (TPSA) is 87.7 Å². The molecule has 136 valence electrons. The van der Waals surface area contributed by atoms with Gasteiger partial charge in [0.25, 0.3) is 5.56 Å². The summed E-state index contributed by atoms with van der Waals surface area (Å²) < 4.78 is 1.07. The van der Waals surface area contributed by atoms with Crippen molar-refractivity contribution in [2.24, 2.45) is 0 Å². The minimum atomic E-state index is -0.257. The SMILES string of the molecule is Cc1cc(C)c2sc(NC(=O)CCc3nc4ccccc4[nH]c3=O)nc2c1. The van der Waals surface area contributed by atoms with Gasteiger partial charge in [0.2, 0.25) is 5.91 Å². The molecule has 2 aromatic carbocycles. The summed E-state index contributed by atoms with van der Waals surface area (Å²) in [6.45, 7) is 4.06. The molecule has 0 aliphatic rings. The van der Waals surface area contributed by atoms with Crippen molar-refractivity contribution in [2.75, 3.05) is 5.32 Å². The zero-order chi connectivity index (χ0) is 19.0. The normalized spacial score (nSPS) is 11.2. The molecule has 2 N–H and O–H groups in total. The van der Waals surface area contributed by atoms with Gasteiger partial charge in [-0.1, -0.05) is 29.5 Å². The zero-order valence-electron chi connectivity index (χ0n) is 15.0. The van der Waals surface area contributed by atoms with Crippen molar-refractivity contribution in [2.45, 2.75) is 26.7 Å². The third-order valence-electron chi connectivity index (χ3n) is 4.33. The minimum absolute atomic E-state index is 0.169. The fourth-order valence-corrected chi connectivity index (χ4v) is 4.01. The quantitative estimate of drug-likeness (QED) is 0.566. The number of anilines is 1. The van der Waals surface area contributed by atoms with E-state index in [1.54, 1.807) is 6.07 Å². The standard InChI is InChI=1S/C20H18N4O2S/c1-11-9-12(2)18-16(10-11)23-20(27-18)24-17(25)8-7-15-19(26)22-14-6-4-3-5-13(14)21-15/h3-6,9-10H,7-8H2,1-2H3,(H,22,26)(H,23,24,25). The van der Waals surface area contributed by atoms with Crippen molar-refractivity contribution in [3.05, 3.63) is 63.6 Å². The maximum Gasteiger partial charge on any atom is 0.270 e. The Morgan fingerprint density at radius 3 is 2.81 bits per heavy atom. The second-order valence-electron chi connectivity index (χ2n) is 6.53. The van der Waals surface area contributed by atoms with Crippen molar-refractivity contribution in [1.29, 1.82) is 0 Å². The molecule has 27 heavy (non-hydrogen) atoms. The monoisotopic (exact) mass is 378 g/mol. The first kappa shape index (κ1) is 17.4. The number of carbonyl (C=O) groups excluding carboxylic acids is 1. The molecule has 0 saturated heterocycles. The van der Waals surface area contributed by atoms with Gasteiger partial charge in [0.1, 0.15) is 5.69 Å². The summed E-state index contributed by atoms with van der Waals surface area (Å²) in [5.41, 5.74) is 4.69. The lowest BCUT2D eigenvalue weighted by Gasteiger charge is -2.03. The van der Waals surface area contributed by atoms with Gasteiger partial charge in [0.15, 0.2) is 5.13 Å². The van der Waals surface area contributed by atoms with Gasteiger partial charge in [0, 0.05) is 12.8 Å². The van der Waals surface area contributed by atoms with E-state index in [1.165, 1.54) is 11.3 Å². The molecule has 7 heteroatoms. The highest BCUT2D eigenvalue weighted by molar-refractivity contribution is 7.22. The molecule has 0 bridgehead atoms. The lowest BCUT2D eigenvalue weighted by atomic mass is 10.1. The molecule has 1 amide bonds. The van der Waals surface area contributed by atoms with Gasteiger partial charge in [-0.25, -0.2) is 9.97 Å². The highest BCUT2D eigenvalue weighted by atomic mass is 32.1. The van der Waals surface area contributed by atoms with Crippen molar-refractivity contribution in [3.8, 4) is 0 Å². The second-order valence-corrected chi connectivity index (χ2v) is 7.53. The number of carbonyl (C=O) groups is 1. The first-order valence-electron chi connectivity index (χ1n) is 8.65. The summed E-state index contributed by atoms with van der Waals surface area (Å²) in [5.74, 6) is -0.183. The Bertz CT molecular complexity index is 1230. The first-order chi connectivity index (χ1) is 13.0. The Morgan fingerprint density at radius 2 is 1.96 bits per heavy atom. The Kier molecular flexibility index (Phi) is 4.45. The number of aryl methyl sites for hydroxylation is 3. The maximum atomic E-state index is 12.3. The number of fused-ring (bicyclic) bond motifs is 2. The largest absolute Gasteiger partial charge is 0.319 e. The molecular formula is C20H18N4O2S. The van der Waals surface area contributed by atoms with Crippen molar-refractivity contribution in [3.63, 3.8) is 0 Å². The van der Waals surface area contributed by atoms with E-state index in [2.05, 4.69) is 26.3 Å². The summed E-state index contributed by atoms with van der Waals surface area (Å²) in [4.78, 5) is 36.1. The highest BCUT2D eigenvalue weighted by Gasteiger charge is 2.12. The Morgan fingerprint density at radius 1 is 1.15 bits per heavy atom. The number of nitrogens with one attached hydrogen (secondary N) is 2. The number of rotatable bonds is 4. The predicted octanol–water partition coefficient (Wildman–Crippen LogP) is 3.72. The van der Waals surface area contributed by atoms with E-state index >= 15 is 0 Å². The summed E-state index contributed by atoms with van der Waals surface area (Å²) in [7, 11) is 0. The van der Waals surface area contributed by atoms with Crippen LogP contribution in [0.3, 0.4) is 0 Å². The van der Waals surface area contributed by atoms with Gasteiger partial charge in [-0.15, -0.1) is 0 Å². The van der Waals surface area contributed by atoms with Crippen molar-refractivity contribution >= 4 is 43.6 Å². The summed E-state index contributed by atoms with van der Waals surface area (Å²) in [6, 6.07) is 11.4. The molecule has 0 fully saturated rings. The number of benzene rings is 2. The van der Waals surface area contributed by atoms with Gasteiger partial charge in [-0.2, -0.15) is 0 Å².